The van der Waals surface area contributed by atoms with Crippen LogP contribution in [0.4, 0.5) is 0 Å². The number of fused-ring (bicyclic) bond motifs is 1. The molecule has 0 radical (unpaired) electrons. The molecule has 1 aliphatic rings. The first-order valence-corrected chi connectivity index (χ1v) is 6.70. The van der Waals surface area contributed by atoms with E-state index in [0.29, 0.717) is 5.56 Å². The van der Waals surface area contributed by atoms with E-state index >= 15 is 0 Å². The Morgan fingerprint density at radius 1 is 1.32 bits per heavy atom. The minimum Gasteiger partial charge on any atom is -0.478 e. The zero-order valence-corrected chi connectivity index (χ0v) is 11.1. The molecule has 1 aliphatic heterocycles. The first-order chi connectivity index (χ1) is 9.16. The molecule has 1 fully saturated rings. The number of carbonyl (C=O) groups is 1. The lowest BCUT2D eigenvalue weighted by molar-refractivity contribution is 0.0699. The zero-order chi connectivity index (χ0) is 13.4. The van der Waals surface area contributed by atoms with E-state index in [-0.39, 0.29) is 0 Å². The van der Waals surface area contributed by atoms with Crippen LogP contribution in [0, 0.1) is 0 Å². The molecule has 3 rings (SSSR count). The molecule has 2 aromatic rings. The first-order valence-electron chi connectivity index (χ1n) is 6.70. The topological polar surface area (TPSA) is 45.5 Å². The van der Waals surface area contributed by atoms with Gasteiger partial charge >= 0.3 is 5.97 Å². The van der Waals surface area contributed by atoms with Gasteiger partial charge in [-0.3, -0.25) is 4.90 Å². The van der Waals surface area contributed by atoms with E-state index in [2.05, 4.69) is 9.47 Å². The van der Waals surface area contributed by atoms with Crippen LogP contribution in [0.5, 0.6) is 0 Å². The fraction of sp³-hybridized carbons (Fsp3) is 0.400. The quantitative estimate of drug-likeness (QED) is 0.920. The van der Waals surface area contributed by atoms with E-state index in [0.717, 1.165) is 30.5 Å². The summed E-state index contributed by atoms with van der Waals surface area (Å²) in [5, 5.41) is 10.1. The van der Waals surface area contributed by atoms with Gasteiger partial charge in [0.25, 0.3) is 0 Å². The number of carboxylic acid groups (broad SMARTS) is 1. The molecule has 0 aliphatic carbocycles. The van der Waals surface area contributed by atoms with Gasteiger partial charge in [0.2, 0.25) is 0 Å². The SMILES string of the molecule is Cn1c(CN2CCCC2)cc2c(C(=O)O)cccc21. The minimum absolute atomic E-state index is 0.390. The summed E-state index contributed by atoms with van der Waals surface area (Å²) in [6, 6.07) is 7.49. The van der Waals surface area contributed by atoms with Crippen LogP contribution in [0.3, 0.4) is 0 Å². The lowest BCUT2D eigenvalue weighted by atomic mass is 10.1. The van der Waals surface area contributed by atoms with E-state index in [9.17, 15) is 9.90 Å². The molecule has 19 heavy (non-hydrogen) atoms. The Kier molecular flexibility index (Phi) is 3.03. The highest BCUT2D eigenvalue weighted by molar-refractivity contribution is 6.03. The van der Waals surface area contributed by atoms with Crippen molar-refractivity contribution in [1.82, 2.24) is 9.47 Å². The van der Waals surface area contributed by atoms with Crippen molar-refractivity contribution in [3.63, 3.8) is 0 Å². The van der Waals surface area contributed by atoms with Crippen LogP contribution in [0.15, 0.2) is 24.3 Å². The molecule has 100 valence electrons. The van der Waals surface area contributed by atoms with Gasteiger partial charge in [0.15, 0.2) is 0 Å². The first kappa shape index (κ1) is 12.2. The second-order valence-corrected chi connectivity index (χ2v) is 5.22. The number of carboxylic acids is 1. The number of hydrogen-bond acceptors (Lipinski definition) is 2. The third-order valence-electron chi connectivity index (χ3n) is 4.00. The van der Waals surface area contributed by atoms with Crippen LogP contribution < -0.4 is 0 Å². The summed E-state index contributed by atoms with van der Waals surface area (Å²) in [4.78, 5) is 13.7. The number of hydrogen-bond donors (Lipinski definition) is 1. The molecule has 0 atom stereocenters. The third kappa shape index (κ3) is 2.12. The smallest absolute Gasteiger partial charge is 0.336 e. The van der Waals surface area contributed by atoms with Crippen molar-refractivity contribution in [3.8, 4) is 0 Å². The van der Waals surface area contributed by atoms with Gasteiger partial charge in [-0.1, -0.05) is 6.07 Å². The normalized spacial score (nSPS) is 16.3. The van der Waals surface area contributed by atoms with Crippen LogP contribution in [-0.2, 0) is 13.6 Å². The molecule has 1 aromatic carbocycles. The molecule has 0 amide bonds. The van der Waals surface area contributed by atoms with Gasteiger partial charge in [0.05, 0.1) is 5.56 Å². The van der Waals surface area contributed by atoms with Crippen LogP contribution in [0.1, 0.15) is 28.9 Å². The number of nitrogens with zero attached hydrogens (tertiary/aromatic N) is 2. The Labute approximate surface area is 112 Å². The van der Waals surface area contributed by atoms with Crippen LogP contribution in [-0.4, -0.2) is 33.6 Å². The van der Waals surface area contributed by atoms with E-state index in [1.54, 1.807) is 6.07 Å². The molecule has 4 nitrogen and oxygen atoms in total. The van der Waals surface area contributed by atoms with Crippen molar-refractivity contribution in [2.75, 3.05) is 13.1 Å². The maximum Gasteiger partial charge on any atom is 0.336 e. The molecule has 0 spiro atoms. The summed E-state index contributed by atoms with van der Waals surface area (Å²) in [7, 11) is 2.01. The molecular formula is C15H18N2O2. The summed E-state index contributed by atoms with van der Waals surface area (Å²) < 4.78 is 2.11. The molecule has 0 unspecified atom stereocenters. The van der Waals surface area contributed by atoms with Crippen LogP contribution in [0.25, 0.3) is 10.9 Å². The fourth-order valence-electron chi connectivity index (χ4n) is 2.92. The van der Waals surface area contributed by atoms with Gasteiger partial charge in [-0.2, -0.15) is 0 Å². The maximum atomic E-state index is 11.3. The monoisotopic (exact) mass is 258 g/mol. The second kappa shape index (κ2) is 4.70. The average molecular weight is 258 g/mol. The summed E-state index contributed by atoms with van der Waals surface area (Å²) in [6.45, 7) is 3.20. The summed E-state index contributed by atoms with van der Waals surface area (Å²) >= 11 is 0. The van der Waals surface area contributed by atoms with Crippen LogP contribution in [0.2, 0.25) is 0 Å². The van der Waals surface area contributed by atoms with E-state index < -0.39 is 5.97 Å². The fourth-order valence-corrected chi connectivity index (χ4v) is 2.92. The van der Waals surface area contributed by atoms with Crippen molar-refractivity contribution in [2.45, 2.75) is 19.4 Å². The summed E-state index contributed by atoms with van der Waals surface area (Å²) in [6.07, 6.45) is 2.54. The molecule has 1 N–H and O–H groups in total. The Bertz CT molecular complexity index is 624. The highest BCUT2D eigenvalue weighted by atomic mass is 16.4. The summed E-state index contributed by atoms with van der Waals surface area (Å²) in [5.41, 5.74) is 2.57. The number of aryl methyl sites for hydroxylation is 1. The Balaban J connectivity index is 2.03. The Hall–Kier alpha value is -1.81. The predicted molar refractivity (Wildman–Crippen MR) is 74.4 cm³/mol. The zero-order valence-electron chi connectivity index (χ0n) is 11.1. The van der Waals surface area contributed by atoms with Crippen molar-refractivity contribution in [3.05, 3.63) is 35.5 Å². The van der Waals surface area contributed by atoms with Gasteiger partial charge in [-0.25, -0.2) is 4.79 Å². The average Bonchev–Trinajstić information content (AvgIpc) is 2.99. The van der Waals surface area contributed by atoms with Gasteiger partial charge in [0.1, 0.15) is 0 Å². The van der Waals surface area contributed by atoms with Gasteiger partial charge in [-0.05, 0) is 44.1 Å². The number of benzene rings is 1. The van der Waals surface area contributed by atoms with Crippen molar-refractivity contribution in [2.24, 2.45) is 7.05 Å². The van der Waals surface area contributed by atoms with E-state index in [1.807, 2.05) is 25.2 Å². The standard InChI is InChI=1S/C15H18N2O2/c1-16-11(10-17-7-2-3-8-17)9-13-12(15(18)19)5-4-6-14(13)16/h4-6,9H,2-3,7-8,10H2,1H3,(H,18,19). The van der Waals surface area contributed by atoms with E-state index in [1.165, 1.54) is 18.5 Å². The molecule has 0 saturated carbocycles. The molecule has 4 heteroatoms. The molecule has 1 aromatic heterocycles. The number of aromatic nitrogens is 1. The van der Waals surface area contributed by atoms with Gasteiger partial charge in [-0.15, -0.1) is 0 Å². The lowest BCUT2D eigenvalue weighted by Crippen LogP contribution is -2.19. The van der Waals surface area contributed by atoms with Gasteiger partial charge in [0, 0.05) is 30.2 Å². The predicted octanol–water partition coefficient (Wildman–Crippen LogP) is 2.47. The number of aromatic carboxylic acids is 1. The highest BCUT2D eigenvalue weighted by Crippen LogP contribution is 2.24. The second-order valence-electron chi connectivity index (χ2n) is 5.22. The van der Waals surface area contributed by atoms with Crippen LogP contribution >= 0.6 is 0 Å². The Morgan fingerprint density at radius 2 is 2.05 bits per heavy atom. The minimum atomic E-state index is -0.857. The Morgan fingerprint density at radius 3 is 2.74 bits per heavy atom. The van der Waals surface area contributed by atoms with E-state index in [4.69, 9.17) is 0 Å². The lowest BCUT2D eigenvalue weighted by Gasteiger charge is -2.14. The number of rotatable bonds is 3. The molecule has 1 saturated heterocycles. The highest BCUT2D eigenvalue weighted by Gasteiger charge is 2.17. The van der Waals surface area contributed by atoms with Crippen molar-refractivity contribution in [1.29, 1.82) is 0 Å². The number of likely N-dealkylation sites (tertiary alicyclic amines) is 1. The van der Waals surface area contributed by atoms with Gasteiger partial charge < -0.3 is 9.67 Å². The summed E-state index contributed by atoms with van der Waals surface area (Å²) in [5.74, 6) is -0.857. The molecular weight excluding hydrogens is 240 g/mol. The molecule has 0 bridgehead atoms. The third-order valence-corrected chi connectivity index (χ3v) is 4.00. The maximum absolute atomic E-state index is 11.3. The van der Waals surface area contributed by atoms with Crippen molar-refractivity contribution >= 4 is 16.9 Å². The van der Waals surface area contributed by atoms with Crippen molar-refractivity contribution < 1.29 is 9.90 Å². The largest absolute Gasteiger partial charge is 0.478 e. The molecule has 2 heterocycles.